The van der Waals surface area contributed by atoms with E-state index in [0.717, 1.165) is 23.5 Å². The Morgan fingerprint density at radius 2 is 2.00 bits per heavy atom. The molecule has 2 aromatic heterocycles. The monoisotopic (exact) mass is 275 g/mol. The first kappa shape index (κ1) is 12.6. The number of rotatable bonds is 2. The predicted octanol–water partition coefficient (Wildman–Crippen LogP) is 0.0469. The van der Waals surface area contributed by atoms with Gasteiger partial charge in [-0.1, -0.05) is 0 Å². The van der Waals surface area contributed by atoms with E-state index in [2.05, 4.69) is 26.8 Å². The number of carbonyl (C=O) groups is 1. The lowest BCUT2D eigenvalue weighted by Gasteiger charge is -2.34. The summed E-state index contributed by atoms with van der Waals surface area (Å²) in [5.41, 5.74) is 6.94. The smallest absolute Gasteiger partial charge is 0.314 e. The summed E-state index contributed by atoms with van der Waals surface area (Å²) in [7, 11) is 0. The second-order valence-corrected chi connectivity index (χ2v) is 4.71. The largest absolute Gasteiger partial charge is 0.351 e. The zero-order valence-electron chi connectivity index (χ0n) is 11.4. The Bertz CT molecular complexity index is 630. The van der Waals surface area contributed by atoms with Crippen molar-refractivity contribution >= 4 is 23.0 Å². The maximum Gasteiger partial charge on any atom is 0.314 e. The quantitative estimate of drug-likeness (QED) is 0.835. The van der Waals surface area contributed by atoms with Crippen LogP contribution >= 0.6 is 0 Å². The molecule has 0 spiro atoms. The van der Waals surface area contributed by atoms with Crippen LogP contribution in [0.5, 0.6) is 0 Å². The highest BCUT2D eigenvalue weighted by Gasteiger charge is 2.22. The number of hydrogen-bond acceptors (Lipinski definition) is 5. The molecular formula is C12H17N7O. The predicted molar refractivity (Wildman–Crippen MR) is 74.4 cm³/mol. The van der Waals surface area contributed by atoms with Crippen LogP contribution in [-0.4, -0.2) is 56.6 Å². The summed E-state index contributed by atoms with van der Waals surface area (Å²) in [5, 5.41) is 0. The summed E-state index contributed by atoms with van der Waals surface area (Å²) in [5.74, 6) is 0.825. The van der Waals surface area contributed by atoms with E-state index in [9.17, 15) is 4.79 Å². The number of piperazine rings is 1. The minimum Gasteiger partial charge on any atom is -0.351 e. The second kappa shape index (κ2) is 4.95. The first-order chi connectivity index (χ1) is 9.70. The van der Waals surface area contributed by atoms with Gasteiger partial charge in [0.2, 0.25) is 0 Å². The highest BCUT2D eigenvalue weighted by Crippen LogP contribution is 2.22. The lowest BCUT2D eigenvalue weighted by Crippen LogP contribution is -2.50. The fraction of sp³-hybridized carbons (Fsp3) is 0.500. The average Bonchev–Trinajstić information content (AvgIpc) is 2.90. The molecule has 106 valence electrons. The number of fused-ring (bicyclic) bond motifs is 1. The number of hydrogen-bond donors (Lipinski definition) is 1. The van der Waals surface area contributed by atoms with E-state index in [4.69, 9.17) is 5.73 Å². The van der Waals surface area contributed by atoms with Crippen molar-refractivity contribution in [1.82, 2.24) is 24.4 Å². The van der Waals surface area contributed by atoms with E-state index >= 15 is 0 Å². The molecule has 2 N–H and O–H groups in total. The molecule has 0 atom stereocenters. The maximum atomic E-state index is 11.1. The van der Waals surface area contributed by atoms with Crippen LogP contribution in [0.2, 0.25) is 0 Å². The number of aromatic nitrogens is 4. The van der Waals surface area contributed by atoms with Gasteiger partial charge in [0.15, 0.2) is 17.0 Å². The van der Waals surface area contributed by atoms with Gasteiger partial charge < -0.3 is 20.1 Å². The Morgan fingerprint density at radius 3 is 2.65 bits per heavy atom. The number of carbonyl (C=O) groups excluding carboxylic acids is 1. The van der Waals surface area contributed by atoms with Gasteiger partial charge in [-0.2, -0.15) is 0 Å². The van der Waals surface area contributed by atoms with Gasteiger partial charge in [-0.15, -0.1) is 0 Å². The first-order valence-corrected chi connectivity index (χ1v) is 6.66. The second-order valence-electron chi connectivity index (χ2n) is 4.71. The molecule has 1 aliphatic rings. The standard InChI is InChI=1S/C12H17N7O/c1-2-17-8-16-9-10(17)14-7-15-11(9)18-3-5-19(6-4-18)12(13)20/h7-8H,2-6H2,1H3,(H2,13,20). The van der Waals surface area contributed by atoms with Crippen LogP contribution in [0.25, 0.3) is 11.2 Å². The van der Waals surface area contributed by atoms with Gasteiger partial charge in [0.1, 0.15) is 6.33 Å². The van der Waals surface area contributed by atoms with Crippen LogP contribution < -0.4 is 10.6 Å². The zero-order chi connectivity index (χ0) is 14.1. The molecule has 20 heavy (non-hydrogen) atoms. The highest BCUT2D eigenvalue weighted by atomic mass is 16.2. The van der Waals surface area contributed by atoms with E-state index in [1.54, 1.807) is 17.6 Å². The molecular weight excluding hydrogens is 258 g/mol. The lowest BCUT2D eigenvalue weighted by atomic mass is 10.3. The van der Waals surface area contributed by atoms with Crippen LogP contribution in [0, 0.1) is 0 Å². The van der Waals surface area contributed by atoms with Gasteiger partial charge in [0.25, 0.3) is 0 Å². The van der Waals surface area contributed by atoms with Crippen molar-refractivity contribution in [3.8, 4) is 0 Å². The number of amides is 2. The zero-order valence-corrected chi connectivity index (χ0v) is 11.4. The number of nitrogens with two attached hydrogens (primary N) is 1. The molecule has 2 aromatic rings. The number of imidazole rings is 1. The normalized spacial score (nSPS) is 15.8. The number of urea groups is 1. The Hall–Kier alpha value is -2.38. The fourth-order valence-corrected chi connectivity index (χ4v) is 2.47. The molecule has 0 aliphatic carbocycles. The Labute approximate surface area is 116 Å². The SMILES string of the molecule is CCn1cnc2c(N3CCN(C(N)=O)CC3)ncnc21. The molecule has 1 fully saturated rings. The summed E-state index contributed by atoms with van der Waals surface area (Å²) in [6.07, 6.45) is 3.34. The number of primary amides is 1. The minimum atomic E-state index is -0.368. The van der Waals surface area contributed by atoms with Crippen molar-refractivity contribution in [2.24, 2.45) is 5.73 Å². The lowest BCUT2D eigenvalue weighted by molar-refractivity contribution is 0.204. The van der Waals surface area contributed by atoms with Crippen molar-refractivity contribution in [2.45, 2.75) is 13.5 Å². The number of aryl methyl sites for hydroxylation is 1. The molecule has 1 saturated heterocycles. The Morgan fingerprint density at radius 1 is 1.25 bits per heavy atom. The highest BCUT2D eigenvalue weighted by molar-refractivity contribution is 5.83. The van der Waals surface area contributed by atoms with Gasteiger partial charge in [0.05, 0.1) is 6.33 Å². The van der Waals surface area contributed by atoms with Gasteiger partial charge in [-0.05, 0) is 6.92 Å². The fourth-order valence-electron chi connectivity index (χ4n) is 2.47. The first-order valence-electron chi connectivity index (χ1n) is 6.66. The van der Waals surface area contributed by atoms with E-state index in [1.807, 2.05) is 4.57 Å². The third-order valence-electron chi connectivity index (χ3n) is 3.61. The van der Waals surface area contributed by atoms with Crippen molar-refractivity contribution in [3.05, 3.63) is 12.7 Å². The van der Waals surface area contributed by atoms with Gasteiger partial charge >= 0.3 is 6.03 Å². The Kier molecular flexibility index (Phi) is 3.13. The topological polar surface area (TPSA) is 93.2 Å². The van der Waals surface area contributed by atoms with Gasteiger partial charge in [-0.3, -0.25) is 0 Å². The molecule has 2 amide bonds. The number of nitrogens with zero attached hydrogens (tertiary/aromatic N) is 6. The molecule has 0 aromatic carbocycles. The molecule has 8 heteroatoms. The third kappa shape index (κ3) is 2.02. The summed E-state index contributed by atoms with van der Waals surface area (Å²) >= 11 is 0. The van der Waals surface area contributed by atoms with E-state index in [-0.39, 0.29) is 6.03 Å². The van der Waals surface area contributed by atoms with Crippen molar-refractivity contribution in [1.29, 1.82) is 0 Å². The molecule has 1 aliphatic heterocycles. The summed E-state index contributed by atoms with van der Waals surface area (Å²) in [6.45, 7) is 5.49. The Balaban J connectivity index is 1.88. The molecule has 0 radical (unpaired) electrons. The van der Waals surface area contributed by atoms with Crippen LogP contribution in [0.3, 0.4) is 0 Å². The summed E-state index contributed by atoms with van der Waals surface area (Å²) in [4.78, 5) is 28.0. The van der Waals surface area contributed by atoms with Gasteiger partial charge in [-0.25, -0.2) is 19.7 Å². The molecule has 8 nitrogen and oxygen atoms in total. The van der Waals surface area contributed by atoms with E-state index in [1.165, 1.54) is 0 Å². The van der Waals surface area contributed by atoms with Crippen LogP contribution in [0.15, 0.2) is 12.7 Å². The van der Waals surface area contributed by atoms with Crippen LogP contribution in [0.4, 0.5) is 10.6 Å². The molecule has 0 unspecified atom stereocenters. The number of anilines is 1. The minimum absolute atomic E-state index is 0.368. The summed E-state index contributed by atoms with van der Waals surface area (Å²) < 4.78 is 1.99. The third-order valence-corrected chi connectivity index (χ3v) is 3.61. The van der Waals surface area contributed by atoms with Gasteiger partial charge in [0, 0.05) is 32.7 Å². The van der Waals surface area contributed by atoms with Crippen LogP contribution in [-0.2, 0) is 6.54 Å². The average molecular weight is 275 g/mol. The molecule has 0 bridgehead atoms. The van der Waals surface area contributed by atoms with Crippen molar-refractivity contribution in [2.75, 3.05) is 31.1 Å². The maximum absolute atomic E-state index is 11.1. The van der Waals surface area contributed by atoms with Crippen LogP contribution in [0.1, 0.15) is 6.92 Å². The molecule has 3 heterocycles. The van der Waals surface area contributed by atoms with Crippen molar-refractivity contribution in [3.63, 3.8) is 0 Å². The molecule has 3 rings (SSSR count). The van der Waals surface area contributed by atoms with Crippen molar-refractivity contribution < 1.29 is 4.79 Å². The van der Waals surface area contributed by atoms with E-state index in [0.29, 0.717) is 26.2 Å². The molecule has 0 saturated carbocycles. The van der Waals surface area contributed by atoms with E-state index < -0.39 is 0 Å². The summed E-state index contributed by atoms with van der Waals surface area (Å²) in [6, 6.07) is -0.368.